The number of hydrogen-bond donors (Lipinski definition) is 2. The van der Waals surface area contributed by atoms with E-state index in [1.165, 1.54) is 4.31 Å². The maximum Gasteiger partial charge on any atom is 0.243 e. The summed E-state index contributed by atoms with van der Waals surface area (Å²) in [5.41, 5.74) is 0. The zero-order chi connectivity index (χ0) is 29.2. The molecule has 2 saturated heterocycles. The largest absolute Gasteiger partial charge is 0.481 e. The second kappa shape index (κ2) is 15.1. The summed E-state index contributed by atoms with van der Waals surface area (Å²) in [4.78, 5) is 1.02. The minimum absolute atomic E-state index is 0.125. The van der Waals surface area contributed by atoms with E-state index in [0.717, 1.165) is 36.6 Å². The lowest BCUT2D eigenvalue weighted by molar-refractivity contribution is 0.369. The third-order valence-corrected chi connectivity index (χ3v) is 11.2. The van der Waals surface area contributed by atoms with E-state index in [2.05, 4.69) is 54.8 Å². The van der Waals surface area contributed by atoms with E-state index >= 15 is 0 Å². The van der Waals surface area contributed by atoms with E-state index in [1.54, 1.807) is 38.1 Å². The molecule has 0 spiro atoms. The number of nitrogens with zero attached hydrogens (tertiary/aromatic N) is 2. The molecule has 0 radical (unpaired) electrons. The van der Waals surface area contributed by atoms with E-state index in [4.69, 9.17) is 9.47 Å². The SMILES string of the molecule is C=S(=O)(c1ccc(OCC#CC)cc1)N1CC[C@@H](S)C1.CC#CCOc1ccc(S(=O)(=O)N2CC[C@H](S)C2)cc1. The second-order valence-corrected chi connectivity index (χ2v) is 14.8. The third-order valence-electron chi connectivity index (χ3n) is 6.30. The van der Waals surface area contributed by atoms with Crippen LogP contribution in [0.5, 0.6) is 11.5 Å². The van der Waals surface area contributed by atoms with E-state index in [1.807, 2.05) is 28.6 Å². The number of benzene rings is 2. The molecule has 0 aromatic heterocycles. The van der Waals surface area contributed by atoms with Gasteiger partial charge in [-0.25, -0.2) is 16.9 Å². The van der Waals surface area contributed by atoms with Crippen molar-refractivity contribution in [1.29, 1.82) is 0 Å². The Bertz CT molecular complexity index is 1340. The summed E-state index contributed by atoms with van der Waals surface area (Å²) < 4.78 is 51.8. The molecule has 3 atom stereocenters. The highest BCUT2D eigenvalue weighted by Crippen LogP contribution is 2.26. The van der Waals surface area contributed by atoms with E-state index in [9.17, 15) is 12.6 Å². The van der Waals surface area contributed by atoms with E-state index < -0.39 is 19.7 Å². The van der Waals surface area contributed by atoms with Crippen LogP contribution < -0.4 is 9.47 Å². The second-order valence-electron chi connectivity index (χ2n) is 9.15. The molecule has 4 rings (SSSR count). The predicted octanol–water partition coefficient (Wildman–Crippen LogP) is 3.86. The lowest BCUT2D eigenvalue weighted by Gasteiger charge is -2.21. The zero-order valence-corrected chi connectivity index (χ0v) is 26.2. The van der Waals surface area contributed by atoms with Crippen molar-refractivity contribution in [2.75, 3.05) is 39.4 Å². The van der Waals surface area contributed by atoms with Crippen molar-refractivity contribution >= 4 is 50.9 Å². The van der Waals surface area contributed by atoms with Crippen molar-refractivity contribution in [3.8, 4) is 35.2 Å². The molecule has 0 aliphatic carbocycles. The van der Waals surface area contributed by atoms with Crippen molar-refractivity contribution in [3.05, 3.63) is 48.5 Å². The Kier molecular flexibility index (Phi) is 12.2. The fourth-order valence-electron chi connectivity index (χ4n) is 4.05. The highest BCUT2D eigenvalue weighted by molar-refractivity contribution is 7.98. The molecule has 2 aliphatic heterocycles. The van der Waals surface area contributed by atoms with Gasteiger partial charge in [0.25, 0.3) is 0 Å². The van der Waals surface area contributed by atoms with Crippen molar-refractivity contribution < 1.29 is 22.1 Å². The van der Waals surface area contributed by atoms with Crippen molar-refractivity contribution in [2.45, 2.75) is 47.0 Å². The molecule has 0 N–H and O–H groups in total. The zero-order valence-electron chi connectivity index (χ0n) is 22.8. The number of ether oxygens (including phenoxy) is 2. The maximum atomic E-state index is 12.8. The molecule has 2 heterocycles. The first-order valence-electron chi connectivity index (χ1n) is 12.8. The number of sulfonamides is 1. The molecular weight excluding hydrogens is 585 g/mol. The summed E-state index contributed by atoms with van der Waals surface area (Å²) in [5, 5.41) is 0.410. The van der Waals surface area contributed by atoms with Crippen LogP contribution in [0.2, 0.25) is 0 Å². The van der Waals surface area contributed by atoms with Gasteiger partial charge in [-0.2, -0.15) is 29.6 Å². The van der Waals surface area contributed by atoms with Crippen LogP contribution >= 0.6 is 25.3 Å². The number of hydrogen-bond acceptors (Lipinski definition) is 7. The lowest BCUT2D eigenvalue weighted by atomic mass is 10.3. The van der Waals surface area contributed by atoms with Gasteiger partial charge in [-0.15, -0.1) is 11.8 Å². The first kappa shape index (κ1) is 32.3. The van der Waals surface area contributed by atoms with Gasteiger partial charge in [-0.05, 0) is 81.1 Å². The molecule has 0 amide bonds. The Morgan fingerprint density at radius 1 is 0.775 bits per heavy atom. The molecule has 2 aromatic rings. The van der Waals surface area contributed by atoms with Crippen LogP contribution in [0.3, 0.4) is 0 Å². The summed E-state index contributed by atoms with van der Waals surface area (Å²) in [6, 6.07) is 13.7. The molecular formula is C29H36N2O5S4. The van der Waals surface area contributed by atoms with Crippen LogP contribution in [0.25, 0.3) is 0 Å². The van der Waals surface area contributed by atoms with E-state index in [0.29, 0.717) is 32.1 Å². The fourth-order valence-corrected chi connectivity index (χ4v) is 8.07. The summed E-state index contributed by atoms with van der Waals surface area (Å²) in [5.74, 6) is 16.4. The first-order valence-corrected chi connectivity index (χ1v) is 17.0. The minimum atomic E-state index is -3.41. The van der Waals surface area contributed by atoms with Gasteiger partial charge in [0.2, 0.25) is 10.0 Å². The van der Waals surface area contributed by atoms with Crippen LogP contribution in [0.1, 0.15) is 26.7 Å². The Balaban J connectivity index is 0.000000220. The van der Waals surface area contributed by atoms with Crippen LogP contribution in [0.4, 0.5) is 0 Å². The van der Waals surface area contributed by atoms with Crippen molar-refractivity contribution in [1.82, 2.24) is 8.61 Å². The van der Waals surface area contributed by atoms with Gasteiger partial charge >= 0.3 is 0 Å². The van der Waals surface area contributed by atoms with Gasteiger partial charge in [0, 0.05) is 41.6 Å². The van der Waals surface area contributed by atoms with Gasteiger partial charge < -0.3 is 9.47 Å². The standard InChI is InChI=1S/C15H19NO2S2.C14H17NO3S2/c1-3-4-11-18-13-5-7-15(8-6-13)20(2,17)16-10-9-14(19)12-16;1-2-3-10-18-12-4-6-14(7-5-12)20(16,17)15-9-8-13(19)11-15/h5-8,14,19H,2,9-12H2,1H3;4-7,13,19H,8-11H2,1H3/t14-,20?;13-/m10/s1. The van der Waals surface area contributed by atoms with E-state index in [-0.39, 0.29) is 15.4 Å². The summed E-state index contributed by atoms with van der Waals surface area (Å²) >= 11 is 8.75. The van der Waals surface area contributed by atoms with Gasteiger partial charge in [0.1, 0.15) is 24.7 Å². The van der Waals surface area contributed by atoms with Crippen LogP contribution in [0, 0.1) is 23.7 Å². The molecule has 216 valence electrons. The molecule has 0 bridgehead atoms. The smallest absolute Gasteiger partial charge is 0.243 e. The number of rotatable bonds is 8. The molecule has 0 saturated carbocycles. The summed E-state index contributed by atoms with van der Waals surface area (Å²) in [6.07, 6.45) is 1.74. The molecule has 1 unspecified atom stereocenters. The molecule has 7 nitrogen and oxygen atoms in total. The van der Waals surface area contributed by atoms with Crippen LogP contribution in [0.15, 0.2) is 58.3 Å². The molecule has 40 heavy (non-hydrogen) atoms. The average Bonchev–Trinajstić information content (AvgIpc) is 3.59. The Hall–Kier alpha value is -2.25. The maximum absolute atomic E-state index is 12.8. The molecule has 11 heteroatoms. The molecule has 2 aromatic carbocycles. The average molecular weight is 621 g/mol. The van der Waals surface area contributed by atoms with Gasteiger partial charge in [0.05, 0.1) is 14.6 Å². The molecule has 2 fully saturated rings. The van der Waals surface area contributed by atoms with Crippen LogP contribution in [-0.4, -0.2) is 77.0 Å². The van der Waals surface area contributed by atoms with Gasteiger partial charge in [0.15, 0.2) is 0 Å². The monoisotopic (exact) mass is 620 g/mol. The number of thiol groups is 2. The summed E-state index contributed by atoms with van der Waals surface area (Å²) in [6.45, 7) is 6.67. The Morgan fingerprint density at radius 3 is 1.60 bits per heavy atom. The van der Waals surface area contributed by atoms with Gasteiger partial charge in [-0.3, -0.25) is 0 Å². The topological polar surface area (TPSA) is 76.1 Å². The highest BCUT2D eigenvalue weighted by atomic mass is 32.2. The van der Waals surface area contributed by atoms with Crippen LogP contribution in [-0.2, 0) is 19.7 Å². The first-order chi connectivity index (χ1) is 19.1. The Morgan fingerprint density at radius 2 is 1.20 bits per heavy atom. The minimum Gasteiger partial charge on any atom is -0.481 e. The molecule has 2 aliphatic rings. The quantitative estimate of drug-likeness (QED) is 0.266. The van der Waals surface area contributed by atoms with Gasteiger partial charge in [-0.1, -0.05) is 11.8 Å². The Labute approximate surface area is 250 Å². The fraction of sp³-hybridized carbons (Fsp3) is 0.414. The lowest BCUT2D eigenvalue weighted by Crippen LogP contribution is -2.28. The van der Waals surface area contributed by atoms with Crippen molar-refractivity contribution in [3.63, 3.8) is 0 Å². The highest BCUT2D eigenvalue weighted by Gasteiger charge is 2.31. The van der Waals surface area contributed by atoms with Crippen molar-refractivity contribution in [2.24, 2.45) is 0 Å². The third kappa shape index (κ3) is 8.87. The summed E-state index contributed by atoms with van der Waals surface area (Å²) in [7, 11) is -5.83. The predicted molar refractivity (Wildman–Crippen MR) is 169 cm³/mol. The normalized spacial score (nSPS) is 20.6.